The standard InChI is InChI=1S/C31H32ClN3O6/c1-19-24(18-30(39)33-14-3-4-29(38)34-15-13-20-5-12-27(36)28(37)16-20)25-17-23(41-2)10-11-26(25)35(19)31(40)21-6-8-22(32)9-7-21/h5-12,16-17,36-37H,3-4,13-15,18H2,1-2H3,(H,33,39)(H,34,38). The average molecular weight is 578 g/mol. The molecule has 0 saturated heterocycles. The third-order valence-corrected chi connectivity index (χ3v) is 7.10. The molecule has 0 aliphatic rings. The highest BCUT2D eigenvalue weighted by Crippen LogP contribution is 2.31. The van der Waals surface area contributed by atoms with Crippen molar-refractivity contribution in [1.29, 1.82) is 0 Å². The summed E-state index contributed by atoms with van der Waals surface area (Å²) in [5.74, 6) is -0.364. The van der Waals surface area contributed by atoms with Crippen molar-refractivity contribution in [2.75, 3.05) is 20.2 Å². The number of nitrogens with one attached hydrogen (secondary N) is 2. The van der Waals surface area contributed by atoms with Crippen LogP contribution in [-0.2, 0) is 22.4 Å². The fourth-order valence-electron chi connectivity index (χ4n) is 4.65. The molecule has 0 aliphatic carbocycles. The molecule has 3 aromatic carbocycles. The summed E-state index contributed by atoms with van der Waals surface area (Å²) in [5, 5.41) is 25.9. The minimum absolute atomic E-state index is 0.0576. The van der Waals surface area contributed by atoms with Gasteiger partial charge in [-0.25, -0.2) is 0 Å². The van der Waals surface area contributed by atoms with E-state index in [1.165, 1.54) is 12.1 Å². The molecule has 41 heavy (non-hydrogen) atoms. The lowest BCUT2D eigenvalue weighted by atomic mass is 10.1. The Labute approximate surface area is 242 Å². The normalized spacial score (nSPS) is 10.9. The van der Waals surface area contributed by atoms with Crippen molar-refractivity contribution in [3.05, 3.63) is 88.1 Å². The number of methoxy groups -OCH3 is 1. The summed E-state index contributed by atoms with van der Waals surface area (Å²) in [6, 6.07) is 16.6. The molecular weight excluding hydrogens is 546 g/mol. The molecule has 0 bridgehead atoms. The van der Waals surface area contributed by atoms with Crippen LogP contribution in [0.1, 0.15) is 40.0 Å². The van der Waals surface area contributed by atoms with Crippen LogP contribution in [0.2, 0.25) is 5.02 Å². The van der Waals surface area contributed by atoms with Crippen LogP contribution in [0, 0.1) is 6.92 Å². The second-order valence-corrected chi connectivity index (χ2v) is 10.1. The van der Waals surface area contributed by atoms with E-state index in [0.29, 0.717) is 53.5 Å². The van der Waals surface area contributed by atoms with Crippen molar-refractivity contribution in [2.24, 2.45) is 0 Å². The van der Waals surface area contributed by atoms with Crippen LogP contribution < -0.4 is 15.4 Å². The van der Waals surface area contributed by atoms with Crippen LogP contribution in [0.3, 0.4) is 0 Å². The number of carbonyl (C=O) groups is 3. The summed E-state index contributed by atoms with van der Waals surface area (Å²) in [6.45, 7) is 2.52. The maximum Gasteiger partial charge on any atom is 0.262 e. The first-order valence-corrected chi connectivity index (χ1v) is 13.6. The number of phenols is 2. The van der Waals surface area contributed by atoms with E-state index in [1.54, 1.807) is 54.1 Å². The number of benzene rings is 3. The van der Waals surface area contributed by atoms with Gasteiger partial charge in [0.1, 0.15) is 5.75 Å². The summed E-state index contributed by atoms with van der Waals surface area (Å²) in [7, 11) is 1.56. The molecule has 4 aromatic rings. The monoisotopic (exact) mass is 577 g/mol. The van der Waals surface area contributed by atoms with Gasteiger partial charge in [0.05, 0.1) is 19.0 Å². The number of phenolic OH excluding ortho intramolecular Hbond substituents is 2. The zero-order valence-electron chi connectivity index (χ0n) is 22.9. The van der Waals surface area contributed by atoms with Crippen molar-refractivity contribution in [2.45, 2.75) is 32.6 Å². The molecule has 9 nitrogen and oxygen atoms in total. The zero-order valence-corrected chi connectivity index (χ0v) is 23.6. The van der Waals surface area contributed by atoms with E-state index in [-0.39, 0.29) is 42.1 Å². The highest BCUT2D eigenvalue weighted by atomic mass is 35.5. The molecule has 214 valence electrons. The molecule has 0 fully saturated rings. The molecule has 1 heterocycles. The highest BCUT2D eigenvalue weighted by Gasteiger charge is 2.22. The number of hydrogen-bond acceptors (Lipinski definition) is 6. The largest absolute Gasteiger partial charge is 0.504 e. The number of rotatable bonds is 11. The Morgan fingerprint density at radius 3 is 2.34 bits per heavy atom. The van der Waals surface area contributed by atoms with Gasteiger partial charge in [0.25, 0.3) is 5.91 Å². The minimum Gasteiger partial charge on any atom is -0.504 e. The van der Waals surface area contributed by atoms with Gasteiger partial charge in [0.15, 0.2) is 11.5 Å². The molecule has 4 N–H and O–H groups in total. The molecule has 2 amide bonds. The number of amides is 2. The number of hydrogen-bond donors (Lipinski definition) is 4. The average Bonchev–Trinajstić information content (AvgIpc) is 3.23. The van der Waals surface area contributed by atoms with Crippen molar-refractivity contribution in [3.8, 4) is 17.2 Å². The number of aromatic hydroxyl groups is 2. The number of aromatic nitrogens is 1. The van der Waals surface area contributed by atoms with E-state index < -0.39 is 0 Å². The number of halogens is 1. The van der Waals surface area contributed by atoms with E-state index in [0.717, 1.165) is 16.5 Å². The molecule has 0 spiro atoms. The number of fused-ring (bicyclic) bond motifs is 1. The van der Waals surface area contributed by atoms with Gasteiger partial charge in [-0.05, 0) is 85.5 Å². The van der Waals surface area contributed by atoms with E-state index >= 15 is 0 Å². The molecule has 0 aliphatic heterocycles. The number of ether oxygens (including phenoxy) is 1. The zero-order chi connectivity index (χ0) is 29.5. The smallest absolute Gasteiger partial charge is 0.262 e. The first-order valence-electron chi connectivity index (χ1n) is 13.2. The van der Waals surface area contributed by atoms with E-state index in [2.05, 4.69) is 10.6 Å². The van der Waals surface area contributed by atoms with Gasteiger partial charge < -0.3 is 25.6 Å². The quantitative estimate of drug-likeness (QED) is 0.153. The van der Waals surface area contributed by atoms with Gasteiger partial charge in [-0.1, -0.05) is 17.7 Å². The van der Waals surface area contributed by atoms with Crippen LogP contribution in [0.25, 0.3) is 10.9 Å². The van der Waals surface area contributed by atoms with Crippen LogP contribution in [0.4, 0.5) is 0 Å². The van der Waals surface area contributed by atoms with E-state index in [4.69, 9.17) is 16.3 Å². The molecular formula is C31H32ClN3O6. The Balaban J connectivity index is 1.34. The van der Waals surface area contributed by atoms with Gasteiger partial charge in [-0.3, -0.25) is 19.0 Å². The van der Waals surface area contributed by atoms with Crippen molar-refractivity contribution >= 4 is 40.2 Å². The molecule has 0 saturated carbocycles. The third-order valence-electron chi connectivity index (χ3n) is 6.85. The summed E-state index contributed by atoms with van der Waals surface area (Å²) in [6.07, 6.45) is 1.27. The summed E-state index contributed by atoms with van der Waals surface area (Å²) in [4.78, 5) is 38.5. The van der Waals surface area contributed by atoms with Crippen molar-refractivity contribution in [1.82, 2.24) is 15.2 Å². The van der Waals surface area contributed by atoms with Crippen molar-refractivity contribution < 1.29 is 29.3 Å². The van der Waals surface area contributed by atoms with Gasteiger partial charge in [0, 0.05) is 41.2 Å². The Kier molecular flexibility index (Phi) is 9.52. The Morgan fingerprint density at radius 2 is 1.63 bits per heavy atom. The van der Waals surface area contributed by atoms with Crippen LogP contribution in [-0.4, -0.2) is 52.7 Å². The fourth-order valence-corrected chi connectivity index (χ4v) is 4.78. The van der Waals surface area contributed by atoms with Crippen LogP contribution >= 0.6 is 11.6 Å². The molecule has 0 radical (unpaired) electrons. The van der Waals surface area contributed by atoms with E-state index in [9.17, 15) is 24.6 Å². The Morgan fingerprint density at radius 1 is 0.902 bits per heavy atom. The lowest BCUT2D eigenvalue weighted by Crippen LogP contribution is -2.29. The van der Waals surface area contributed by atoms with E-state index in [1.807, 2.05) is 13.0 Å². The molecule has 1 aromatic heterocycles. The Hall–Kier alpha value is -4.50. The highest BCUT2D eigenvalue weighted by molar-refractivity contribution is 6.30. The molecule has 10 heteroatoms. The summed E-state index contributed by atoms with van der Waals surface area (Å²) < 4.78 is 6.99. The second kappa shape index (κ2) is 13.2. The Bertz CT molecular complexity index is 1580. The summed E-state index contributed by atoms with van der Waals surface area (Å²) >= 11 is 5.99. The lowest BCUT2D eigenvalue weighted by Gasteiger charge is -2.09. The molecule has 4 rings (SSSR count). The third kappa shape index (κ3) is 7.18. The predicted molar refractivity (Wildman–Crippen MR) is 157 cm³/mol. The van der Waals surface area contributed by atoms with Gasteiger partial charge in [-0.15, -0.1) is 0 Å². The first kappa shape index (κ1) is 29.5. The lowest BCUT2D eigenvalue weighted by molar-refractivity contribution is -0.122. The second-order valence-electron chi connectivity index (χ2n) is 9.65. The van der Waals surface area contributed by atoms with Gasteiger partial charge in [0.2, 0.25) is 11.8 Å². The number of nitrogens with zero attached hydrogens (tertiary/aromatic N) is 1. The minimum atomic E-state index is -0.228. The summed E-state index contributed by atoms with van der Waals surface area (Å²) in [5.41, 5.74) is 3.31. The number of carbonyl (C=O) groups excluding carboxylic acids is 3. The maximum atomic E-state index is 13.4. The van der Waals surface area contributed by atoms with Crippen LogP contribution in [0.5, 0.6) is 17.2 Å². The van der Waals surface area contributed by atoms with Crippen molar-refractivity contribution in [3.63, 3.8) is 0 Å². The fraction of sp³-hybridized carbons (Fsp3) is 0.258. The maximum absolute atomic E-state index is 13.4. The van der Waals surface area contributed by atoms with Gasteiger partial charge in [-0.2, -0.15) is 0 Å². The van der Waals surface area contributed by atoms with Gasteiger partial charge >= 0.3 is 0 Å². The molecule has 0 atom stereocenters. The SMILES string of the molecule is COc1ccc2c(c1)c(CC(=O)NCCCC(=O)NCCc1ccc(O)c(O)c1)c(C)n2C(=O)c1ccc(Cl)cc1. The molecule has 0 unspecified atom stereocenters. The predicted octanol–water partition coefficient (Wildman–Crippen LogP) is 4.51. The first-order chi connectivity index (χ1) is 19.7. The topological polar surface area (TPSA) is 130 Å². The van der Waals surface area contributed by atoms with Crippen LogP contribution in [0.15, 0.2) is 60.7 Å².